The summed E-state index contributed by atoms with van der Waals surface area (Å²) in [6.45, 7) is 0. The van der Waals surface area contributed by atoms with Crippen molar-refractivity contribution < 1.29 is 26.5 Å². The molecule has 0 fully saturated rings. The molecule has 0 spiro atoms. The van der Waals surface area contributed by atoms with E-state index in [1.165, 1.54) is 22.6 Å². The van der Waals surface area contributed by atoms with E-state index >= 15 is 0 Å². The van der Waals surface area contributed by atoms with Crippen LogP contribution in [-0.2, 0) is 15.2 Å². The van der Waals surface area contributed by atoms with Gasteiger partial charge in [-0.2, -0.15) is 13.2 Å². The zero-order valence-corrected chi connectivity index (χ0v) is 11.8. The summed E-state index contributed by atoms with van der Waals surface area (Å²) in [6, 6.07) is 1.46. The van der Waals surface area contributed by atoms with Gasteiger partial charge in [-0.3, -0.25) is 10.1 Å². The smallest absolute Gasteiger partial charge is 0.258 e. The molecule has 0 radical (unpaired) electrons. The molecule has 0 unspecified atom stereocenters. The highest BCUT2D eigenvalue weighted by molar-refractivity contribution is 14.1. The molecule has 0 saturated heterocycles. The van der Waals surface area contributed by atoms with Crippen LogP contribution in [-0.4, -0.2) is 13.3 Å². The highest BCUT2D eigenvalue weighted by atomic mass is 127. The fourth-order valence-corrected chi connectivity index (χ4v) is 2.92. The average Bonchev–Trinajstić information content (AvgIpc) is 2.12. The van der Waals surface area contributed by atoms with E-state index in [0.717, 1.165) is 6.07 Å². The average molecular weight is 416 g/mol. The highest BCUT2D eigenvalue weighted by Gasteiger charge is 2.45. The van der Waals surface area contributed by atoms with Crippen molar-refractivity contribution >= 4 is 48.0 Å². The molecule has 1 aromatic rings. The Morgan fingerprint density at radius 1 is 1.33 bits per heavy atom. The van der Waals surface area contributed by atoms with Crippen LogP contribution in [0.4, 0.5) is 18.9 Å². The fraction of sp³-hybridized carbons (Fsp3) is 0.143. The SMILES string of the molecule is O=[N+]([O-])c1c(I)ccc(S(=O)(=O)Cl)c1C(F)(F)F. The van der Waals surface area contributed by atoms with Crippen molar-refractivity contribution in [2.24, 2.45) is 0 Å². The summed E-state index contributed by atoms with van der Waals surface area (Å²) in [4.78, 5) is 8.01. The van der Waals surface area contributed by atoms with Gasteiger partial charge in [0.1, 0.15) is 4.90 Å². The standard InChI is InChI=1S/C7H2ClF3INO4S/c8-18(16,17)4-2-1-3(12)6(13(14)15)5(4)7(9,10)11/h1-2H. The minimum atomic E-state index is -5.21. The maximum Gasteiger partial charge on any atom is 0.424 e. The first-order valence-electron chi connectivity index (χ1n) is 3.95. The van der Waals surface area contributed by atoms with Crippen molar-refractivity contribution in [2.75, 3.05) is 0 Å². The van der Waals surface area contributed by atoms with Crippen LogP contribution in [0.1, 0.15) is 5.56 Å². The van der Waals surface area contributed by atoms with Crippen LogP contribution in [0.3, 0.4) is 0 Å². The third-order valence-electron chi connectivity index (χ3n) is 1.82. The van der Waals surface area contributed by atoms with Crippen molar-refractivity contribution in [3.8, 4) is 0 Å². The van der Waals surface area contributed by atoms with Gasteiger partial charge < -0.3 is 0 Å². The number of hydrogen-bond donors (Lipinski definition) is 0. The third kappa shape index (κ3) is 3.03. The Morgan fingerprint density at radius 3 is 2.17 bits per heavy atom. The Hall–Kier alpha value is -0.620. The van der Waals surface area contributed by atoms with Crippen molar-refractivity contribution in [3.05, 3.63) is 31.4 Å². The van der Waals surface area contributed by atoms with Gasteiger partial charge >= 0.3 is 6.18 Å². The molecule has 0 saturated carbocycles. The molecule has 0 aliphatic rings. The van der Waals surface area contributed by atoms with Crippen LogP contribution in [0.15, 0.2) is 17.0 Å². The summed E-state index contributed by atoms with van der Waals surface area (Å²) in [5, 5.41) is 10.6. The molecule has 0 bridgehead atoms. The first-order valence-corrected chi connectivity index (χ1v) is 7.34. The Balaban J connectivity index is 3.90. The molecule has 100 valence electrons. The molecule has 5 nitrogen and oxygen atoms in total. The predicted octanol–water partition coefficient (Wildman–Crippen LogP) is 3.15. The topological polar surface area (TPSA) is 77.3 Å². The third-order valence-corrected chi connectivity index (χ3v) is 4.05. The van der Waals surface area contributed by atoms with Gasteiger partial charge in [-0.1, -0.05) is 0 Å². The molecule has 0 N–H and O–H groups in total. The van der Waals surface area contributed by atoms with E-state index in [-0.39, 0.29) is 3.57 Å². The van der Waals surface area contributed by atoms with Crippen molar-refractivity contribution in [1.29, 1.82) is 0 Å². The lowest BCUT2D eigenvalue weighted by atomic mass is 10.2. The largest absolute Gasteiger partial charge is 0.424 e. The normalized spacial score (nSPS) is 12.5. The molecular formula is C7H2ClF3INO4S. The Bertz CT molecular complexity index is 616. The number of nitro benzene ring substituents is 1. The van der Waals surface area contributed by atoms with Gasteiger partial charge in [0.2, 0.25) is 0 Å². The van der Waals surface area contributed by atoms with E-state index in [1.807, 2.05) is 0 Å². The Labute approximate surface area is 117 Å². The minimum Gasteiger partial charge on any atom is -0.258 e. The van der Waals surface area contributed by atoms with E-state index < -0.39 is 36.3 Å². The molecule has 0 atom stereocenters. The summed E-state index contributed by atoms with van der Waals surface area (Å²) in [5.74, 6) is 0. The van der Waals surface area contributed by atoms with Gasteiger partial charge in [-0.15, -0.1) is 0 Å². The number of benzene rings is 1. The zero-order chi connectivity index (χ0) is 14.3. The van der Waals surface area contributed by atoms with Gasteiger partial charge in [0.25, 0.3) is 14.7 Å². The van der Waals surface area contributed by atoms with E-state index in [4.69, 9.17) is 10.7 Å². The summed E-state index contributed by atoms with van der Waals surface area (Å²) in [6.07, 6.45) is -5.21. The summed E-state index contributed by atoms with van der Waals surface area (Å²) in [7, 11) is 0.101. The summed E-state index contributed by atoms with van der Waals surface area (Å²) >= 11 is 1.31. The van der Waals surface area contributed by atoms with Crippen LogP contribution < -0.4 is 0 Å². The molecule has 0 amide bonds. The molecule has 0 aliphatic carbocycles. The maximum atomic E-state index is 12.7. The second-order valence-corrected chi connectivity index (χ2v) is 6.66. The lowest BCUT2D eigenvalue weighted by Crippen LogP contribution is -2.15. The lowest BCUT2D eigenvalue weighted by Gasteiger charge is -2.11. The van der Waals surface area contributed by atoms with Gasteiger partial charge in [0, 0.05) is 10.7 Å². The monoisotopic (exact) mass is 415 g/mol. The molecule has 0 aromatic heterocycles. The second kappa shape index (κ2) is 4.81. The summed E-state index contributed by atoms with van der Waals surface area (Å²) in [5.41, 5.74) is -3.20. The lowest BCUT2D eigenvalue weighted by molar-refractivity contribution is -0.389. The van der Waals surface area contributed by atoms with E-state index in [9.17, 15) is 31.7 Å². The summed E-state index contributed by atoms with van der Waals surface area (Å²) < 4.78 is 60.0. The first kappa shape index (κ1) is 15.4. The van der Waals surface area contributed by atoms with Gasteiger partial charge in [-0.05, 0) is 34.7 Å². The predicted molar refractivity (Wildman–Crippen MR) is 63.9 cm³/mol. The highest BCUT2D eigenvalue weighted by Crippen LogP contribution is 2.43. The number of nitrogens with zero attached hydrogens (tertiary/aromatic N) is 1. The maximum absolute atomic E-state index is 12.7. The van der Waals surface area contributed by atoms with E-state index in [0.29, 0.717) is 6.07 Å². The number of hydrogen-bond acceptors (Lipinski definition) is 4. The van der Waals surface area contributed by atoms with Crippen molar-refractivity contribution in [1.82, 2.24) is 0 Å². The molecule has 18 heavy (non-hydrogen) atoms. The molecule has 11 heteroatoms. The van der Waals surface area contributed by atoms with Crippen LogP contribution in [0.2, 0.25) is 0 Å². The molecule has 1 aromatic carbocycles. The number of halogens is 5. The number of alkyl halides is 3. The molecule has 0 aliphatic heterocycles. The fourth-order valence-electron chi connectivity index (χ4n) is 1.20. The second-order valence-electron chi connectivity index (χ2n) is 2.96. The molecule has 0 heterocycles. The molecular weight excluding hydrogens is 413 g/mol. The van der Waals surface area contributed by atoms with Crippen LogP contribution in [0.25, 0.3) is 0 Å². The van der Waals surface area contributed by atoms with E-state index in [2.05, 4.69) is 0 Å². The van der Waals surface area contributed by atoms with Crippen molar-refractivity contribution in [2.45, 2.75) is 11.1 Å². The van der Waals surface area contributed by atoms with E-state index in [1.54, 1.807) is 0 Å². The number of rotatable bonds is 2. The van der Waals surface area contributed by atoms with Gasteiger partial charge in [-0.25, -0.2) is 8.42 Å². The Morgan fingerprint density at radius 2 is 1.83 bits per heavy atom. The number of nitro groups is 1. The van der Waals surface area contributed by atoms with Crippen LogP contribution in [0, 0.1) is 13.7 Å². The van der Waals surface area contributed by atoms with Gasteiger partial charge in [0.15, 0.2) is 5.56 Å². The van der Waals surface area contributed by atoms with Crippen LogP contribution >= 0.6 is 33.3 Å². The zero-order valence-electron chi connectivity index (χ0n) is 8.03. The van der Waals surface area contributed by atoms with Crippen molar-refractivity contribution in [3.63, 3.8) is 0 Å². The van der Waals surface area contributed by atoms with Gasteiger partial charge in [0.05, 0.1) is 8.49 Å². The minimum absolute atomic E-state index is 0.339. The van der Waals surface area contributed by atoms with Crippen LogP contribution in [0.5, 0.6) is 0 Å². The first-order chi connectivity index (χ1) is 7.96. The quantitative estimate of drug-likeness (QED) is 0.322. The molecule has 1 rings (SSSR count). The Kier molecular flexibility index (Phi) is 4.13.